The number of likely N-dealkylation sites (N-methyl/N-ethyl adjacent to an activating group) is 1. The van der Waals surface area contributed by atoms with Crippen LogP contribution < -0.4 is 10.6 Å². The van der Waals surface area contributed by atoms with Crippen molar-refractivity contribution in [1.82, 2.24) is 9.88 Å². The Morgan fingerprint density at radius 3 is 2.48 bits per heavy atom. The van der Waals surface area contributed by atoms with E-state index < -0.39 is 11.2 Å². The molecule has 1 aliphatic heterocycles. The number of rotatable bonds is 7. The standard InChI is InChI=1S/C23H26N6OS/c1-4-17-18(15-24)23(31-20(21(25)30)16-9-7-6-8-10-16)27-22(19(17)26-3)29-13-11-28(5-2)12-14-29/h6-10,20H,4-5,11-14H2,1-2H3,(H2,25,30). The van der Waals surface area contributed by atoms with E-state index in [0.29, 0.717) is 34.1 Å². The van der Waals surface area contributed by atoms with Crippen LogP contribution >= 0.6 is 11.8 Å². The zero-order chi connectivity index (χ0) is 22.4. The predicted octanol–water partition coefficient (Wildman–Crippen LogP) is 3.53. The number of nitrogens with zero attached hydrogens (tertiary/aromatic N) is 5. The Morgan fingerprint density at radius 2 is 1.97 bits per heavy atom. The van der Waals surface area contributed by atoms with Crippen LogP contribution in [0.25, 0.3) is 4.85 Å². The molecule has 3 rings (SSSR count). The van der Waals surface area contributed by atoms with E-state index in [2.05, 4.69) is 27.6 Å². The van der Waals surface area contributed by atoms with E-state index in [1.807, 2.05) is 37.3 Å². The summed E-state index contributed by atoms with van der Waals surface area (Å²) in [6.45, 7) is 16.1. The third-order valence-corrected chi connectivity index (χ3v) is 6.77. The quantitative estimate of drug-likeness (QED) is 0.530. The van der Waals surface area contributed by atoms with Crippen LogP contribution in [-0.4, -0.2) is 48.5 Å². The van der Waals surface area contributed by atoms with E-state index in [9.17, 15) is 10.1 Å². The first-order valence-electron chi connectivity index (χ1n) is 10.4. The average molecular weight is 435 g/mol. The van der Waals surface area contributed by atoms with Crippen molar-refractivity contribution in [1.29, 1.82) is 5.26 Å². The van der Waals surface area contributed by atoms with E-state index in [1.165, 1.54) is 11.8 Å². The van der Waals surface area contributed by atoms with Gasteiger partial charge in [0.05, 0.1) is 12.1 Å². The molecule has 2 N–H and O–H groups in total. The molecule has 1 amide bonds. The summed E-state index contributed by atoms with van der Waals surface area (Å²) in [7, 11) is 0. The number of nitriles is 1. The summed E-state index contributed by atoms with van der Waals surface area (Å²) in [5, 5.41) is 9.68. The van der Waals surface area contributed by atoms with Gasteiger partial charge in [0.25, 0.3) is 0 Å². The Bertz CT molecular complexity index is 1020. The SMILES string of the molecule is [C-]#[N+]c1c(N2CCN(CC)CC2)nc(SC(C(N)=O)c2ccccc2)c(C#N)c1CC. The number of nitrogens with two attached hydrogens (primary N) is 1. The van der Waals surface area contributed by atoms with Crippen molar-refractivity contribution >= 4 is 29.2 Å². The Hall–Kier alpha value is -3.07. The molecule has 8 heteroatoms. The highest BCUT2D eigenvalue weighted by atomic mass is 32.2. The molecule has 1 aliphatic rings. The summed E-state index contributed by atoms with van der Waals surface area (Å²) in [5.41, 5.74) is 7.94. The molecule has 31 heavy (non-hydrogen) atoms. The summed E-state index contributed by atoms with van der Waals surface area (Å²) in [5.74, 6) is 0.104. The average Bonchev–Trinajstić information content (AvgIpc) is 2.81. The van der Waals surface area contributed by atoms with Gasteiger partial charge in [0.2, 0.25) is 11.6 Å². The lowest BCUT2D eigenvalue weighted by Gasteiger charge is -2.36. The second-order valence-electron chi connectivity index (χ2n) is 7.25. The fourth-order valence-corrected chi connectivity index (χ4v) is 4.83. The van der Waals surface area contributed by atoms with Gasteiger partial charge in [-0.2, -0.15) is 5.26 Å². The molecule has 0 aliphatic carbocycles. The summed E-state index contributed by atoms with van der Waals surface area (Å²) < 4.78 is 0. The minimum absolute atomic E-state index is 0.358. The zero-order valence-corrected chi connectivity index (χ0v) is 18.7. The van der Waals surface area contributed by atoms with Crippen molar-refractivity contribution < 1.29 is 4.79 Å². The van der Waals surface area contributed by atoms with E-state index in [0.717, 1.165) is 38.3 Å². The Kier molecular flexibility index (Phi) is 7.51. The lowest BCUT2D eigenvalue weighted by Crippen LogP contribution is -2.46. The number of amides is 1. The number of primary amides is 1. The number of pyridine rings is 1. The second-order valence-corrected chi connectivity index (χ2v) is 8.35. The maximum atomic E-state index is 12.3. The monoisotopic (exact) mass is 434 g/mol. The Morgan fingerprint density at radius 1 is 1.29 bits per heavy atom. The molecule has 2 heterocycles. The number of anilines is 1. The van der Waals surface area contributed by atoms with Gasteiger partial charge in [-0.1, -0.05) is 55.9 Å². The van der Waals surface area contributed by atoms with Crippen molar-refractivity contribution in [3.63, 3.8) is 0 Å². The molecule has 1 aromatic carbocycles. The summed E-state index contributed by atoms with van der Waals surface area (Å²) in [6, 6.07) is 11.5. The molecule has 1 saturated heterocycles. The fraction of sp³-hybridized carbons (Fsp3) is 0.391. The number of aromatic nitrogens is 1. The van der Waals surface area contributed by atoms with Gasteiger partial charge in [0, 0.05) is 26.2 Å². The molecule has 7 nitrogen and oxygen atoms in total. The summed E-state index contributed by atoms with van der Waals surface area (Å²) in [4.78, 5) is 25.3. The molecule has 1 aromatic heterocycles. The molecular formula is C23H26N6OS. The first-order valence-corrected chi connectivity index (χ1v) is 11.2. The van der Waals surface area contributed by atoms with Crippen LogP contribution in [0.1, 0.15) is 35.8 Å². The van der Waals surface area contributed by atoms with Gasteiger partial charge < -0.3 is 15.5 Å². The highest BCUT2D eigenvalue weighted by Crippen LogP contribution is 2.42. The predicted molar refractivity (Wildman–Crippen MR) is 123 cm³/mol. The summed E-state index contributed by atoms with van der Waals surface area (Å²) in [6.07, 6.45) is 0.533. The van der Waals surface area contributed by atoms with Crippen molar-refractivity contribution in [3.8, 4) is 6.07 Å². The molecule has 0 spiro atoms. The number of thioether (sulfide) groups is 1. The van der Waals surface area contributed by atoms with Crippen LogP contribution in [0.2, 0.25) is 0 Å². The number of carbonyl (C=O) groups is 1. The van der Waals surface area contributed by atoms with Crippen LogP contribution in [0.4, 0.5) is 11.5 Å². The zero-order valence-electron chi connectivity index (χ0n) is 17.8. The highest BCUT2D eigenvalue weighted by molar-refractivity contribution is 8.00. The Balaban J connectivity index is 2.08. The van der Waals surface area contributed by atoms with E-state index >= 15 is 0 Å². The van der Waals surface area contributed by atoms with Gasteiger partial charge in [0.15, 0.2) is 0 Å². The smallest absolute Gasteiger partial charge is 0.235 e. The minimum Gasteiger partial charge on any atom is -0.368 e. The number of carbonyl (C=O) groups excluding carboxylic acids is 1. The molecule has 1 unspecified atom stereocenters. The third-order valence-electron chi connectivity index (χ3n) is 5.51. The van der Waals surface area contributed by atoms with Crippen LogP contribution in [-0.2, 0) is 11.2 Å². The Labute approximate surface area is 187 Å². The normalized spacial score (nSPS) is 15.2. The molecule has 1 fully saturated rings. The van der Waals surface area contributed by atoms with Gasteiger partial charge in [-0.25, -0.2) is 9.83 Å². The number of hydrogen-bond acceptors (Lipinski definition) is 6. The lowest BCUT2D eigenvalue weighted by atomic mass is 10.1. The van der Waals surface area contributed by atoms with Crippen LogP contribution in [0.5, 0.6) is 0 Å². The number of benzene rings is 1. The van der Waals surface area contributed by atoms with E-state index in [-0.39, 0.29) is 0 Å². The van der Waals surface area contributed by atoms with Gasteiger partial charge >= 0.3 is 0 Å². The lowest BCUT2D eigenvalue weighted by molar-refractivity contribution is -0.117. The number of piperazine rings is 1. The second kappa shape index (κ2) is 10.3. The van der Waals surface area contributed by atoms with Crippen molar-refractivity contribution in [2.45, 2.75) is 30.5 Å². The number of hydrogen-bond donors (Lipinski definition) is 1. The van der Waals surface area contributed by atoms with Gasteiger partial charge in [-0.3, -0.25) is 4.79 Å². The molecular weight excluding hydrogens is 408 g/mol. The maximum Gasteiger partial charge on any atom is 0.235 e. The molecule has 1 atom stereocenters. The fourth-order valence-electron chi connectivity index (χ4n) is 3.78. The van der Waals surface area contributed by atoms with E-state index in [4.69, 9.17) is 17.3 Å². The molecule has 2 aromatic rings. The third kappa shape index (κ3) is 4.82. The topological polar surface area (TPSA) is 90.6 Å². The van der Waals surface area contributed by atoms with Crippen LogP contribution in [0, 0.1) is 17.9 Å². The van der Waals surface area contributed by atoms with Crippen molar-refractivity contribution in [2.75, 3.05) is 37.6 Å². The largest absolute Gasteiger partial charge is 0.368 e. The van der Waals surface area contributed by atoms with Crippen LogP contribution in [0.15, 0.2) is 35.4 Å². The van der Waals surface area contributed by atoms with Gasteiger partial charge in [-0.05, 0) is 24.1 Å². The van der Waals surface area contributed by atoms with Gasteiger partial charge in [0.1, 0.15) is 22.2 Å². The summed E-state index contributed by atoms with van der Waals surface area (Å²) >= 11 is 1.18. The molecule has 160 valence electrons. The molecule has 0 bridgehead atoms. The first kappa shape index (κ1) is 22.6. The van der Waals surface area contributed by atoms with Crippen molar-refractivity contribution in [3.05, 3.63) is 58.4 Å². The maximum absolute atomic E-state index is 12.3. The van der Waals surface area contributed by atoms with Crippen molar-refractivity contribution in [2.24, 2.45) is 5.73 Å². The molecule has 0 saturated carbocycles. The highest BCUT2D eigenvalue weighted by Gasteiger charge is 2.28. The minimum atomic E-state index is -0.672. The first-order chi connectivity index (χ1) is 15.0. The molecule has 0 radical (unpaired) electrons. The van der Waals surface area contributed by atoms with Crippen LogP contribution in [0.3, 0.4) is 0 Å². The van der Waals surface area contributed by atoms with E-state index in [1.54, 1.807) is 0 Å². The van der Waals surface area contributed by atoms with Gasteiger partial charge in [-0.15, -0.1) is 0 Å².